The molecule has 5 nitrogen and oxygen atoms in total. The number of hydrogen-bond acceptors (Lipinski definition) is 6. The van der Waals surface area contributed by atoms with Gasteiger partial charge in [-0.25, -0.2) is 0 Å². The number of ether oxygens (including phenoxy) is 1. The van der Waals surface area contributed by atoms with Crippen LogP contribution in [-0.2, 0) is 16.8 Å². The van der Waals surface area contributed by atoms with E-state index in [2.05, 4.69) is 32.2 Å². The summed E-state index contributed by atoms with van der Waals surface area (Å²) in [6.07, 6.45) is 3.21. The summed E-state index contributed by atoms with van der Waals surface area (Å²) in [5, 5.41) is 14.6. The maximum Gasteiger partial charge on any atom is 0.162 e. The molecule has 1 atom stereocenters. The molecular weight excluding hydrogens is 552 g/mol. The number of allylic oxidation sites excluding steroid dienone is 3. The smallest absolute Gasteiger partial charge is 0.162 e. The molecule has 2 aliphatic rings. The first kappa shape index (κ1) is 30.4. The fourth-order valence-corrected chi connectivity index (χ4v) is 6.58. The summed E-state index contributed by atoms with van der Waals surface area (Å²) < 4.78 is 5.97. The van der Waals surface area contributed by atoms with E-state index in [0.29, 0.717) is 42.8 Å². The number of Topliss-reactive ketones (excluding diaryl/α,β-unsaturated/α-hetero) is 2. The Bertz CT molecular complexity index is 1570. The minimum Gasteiger partial charge on any atom is -0.489 e. The van der Waals surface area contributed by atoms with Gasteiger partial charge in [-0.3, -0.25) is 9.59 Å². The summed E-state index contributed by atoms with van der Waals surface area (Å²) in [6, 6.07) is 28.1. The van der Waals surface area contributed by atoms with Crippen molar-refractivity contribution in [2.24, 2.45) is 0 Å². The molecule has 1 heterocycles. The number of rotatable bonds is 10. The number of dihydropyridines is 1. The van der Waals surface area contributed by atoms with E-state index in [1.807, 2.05) is 78.9 Å². The first-order valence-electron chi connectivity index (χ1n) is 15.0. The van der Waals surface area contributed by atoms with Crippen LogP contribution in [0.2, 0.25) is 0 Å². The van der Waals surface area contributed by atoms with Crippen molar-refractivity contribution in [3.63, 3.8) is 0 Å². The Labute approximate surface area is 259 Å². The van der Waals surface area contributed by atoms with Crippen molar-refractivity contribution in [2.75, 3.05) is 5.75 Å². The van der Waals surface area contributed by atoms with E-state index in [-0.39, 0.29) is 17.0 Å². The standard InChI is InChI=1S/C37H38N2O3S/c1-37(2,3)28-18-14-26(15-19-28)32(40)13-8-22-43-36-30(23-38)34(35-31(39-36)11-7-12-33(35)41)27-16-20-29(21-17-27)42-24-25-9-5-4-6-10-25/h4-6,9-10,14-21,34,39H,7-8,11-13,22,24H2,1-3H3/t34-/m1/s1. The van der Waals surface area contributed by atoms with E-state index in [1.165, 1.54) is 5.56 Å². The number of nitriles is 1. The van der Waals surface area contributed by atoms with Crippen molar-refractivity contribution < 1.29 is 14.3 Å². The minimum absolute atomic E-state index is 0.0473. The SMILES string of the molecule is CC(C)(C)c1ccc(C(=O)CCCSC2=C(C#N)[C@@H](c3ccc(OCc4ccccc4)cc3)C3=C(CCCC3=O)N2)cc1. The molecule has 0 bridgehead atoms. The Morgan fingerprint density at radius 3 is 2.40 bits per heavy atom. The highest BCUT2D eigenvalue weighted by molar-refractivity contribution is 8.03. The van der Waals surface area contributed by atoms with Gasteiger partial charge in [0, 0.05) is 29.7 Å². The number of hydrogen-bond donors (Lipinski definition) is 1. The second kappa shape index (κ2) is 13.5. The highest BCUT2D eigenvalue weighted by Crippen LogP contribution is 2.44. The summed E-state index contributed by atoms with van der Waals surface area (Å²) in [6.45, 7) is 6.95. The number of ketones is 2. The van der Waals surface area contributed by atoms with E-state index in [0.717, 1.165) is 46.0 Å². The van der Waals surface area contributed by atoms with Gasteiger partial charge in [0.2, 0.25) is 0 Å². The van der Waals surface area contributed by atoms with Crippen molar-refractivity contribution in [2.45, 2.75) is 70.8 Å². The molecule has 0 amide bonds. The summed E-state index contributed by atoms with van der Waals surface area (Å²) in [7, 11) is 0. The number of thioether (sulfide) groups is 1. The van der Waals surface area contributed by atoms with Crippen LogP contribution < -0.4 is 10.1 Å². The summed E-state index contributed by atoms with van der Waals surface area (Å²) in [5.74, 6) is 1.24. The molecule has 0 aromatic heterocycles. The molecule has 0 fully saturated rings. The van der Waals surface area contributed by atoms with Crippen molar-refractivity contribution in [1.82, 2.24) is 5.32 Å². The van der Waals surface area contributed by atoms with Crippen molar-refractivity contribution in [1.29, 1.82) is 5.26 Å². The molecule has 0 saturated heterocycles. The molecule has 0 unspecified atom stereocenters. The lowest BCUT2D eigenvalue weighted by molar-refractivity contribution is -0.116. The molecule has 1 aliphatic carbocycles. The second-order valence-corrected chi connectivity index (χ2v) is 13.2. The fourth-order valence-electron chi connectivity index (χ4n) is 5.58. The third kappa shape index (κ3) is 7.29. The predicted octanol–water partition coefficient (Wildman–Crippen LogP) is 8.39. The van der Waals surface area contributed by atoms with E-state index >= 15 is 0 Å². The lowest BCUT2D eigenvalue weighted by Crippen LogP contribution is -2.31. The van der Waals surface area contributed by atoms with Crippen LogP contribution in [0.25, 0.3) is 0 Å². The molecule has 6 heteroatoms. The maximum absolute atomic E-state index is 13.2. The van der Waals surface area contributed by atoms with Gasteiger partial charge < -0.3 is 10.1 Å². The highest BCUT2D eigenvalue weighted by Gasteiger charge is 2.37. The van der Waals surface area contributed by atoms with E-state index in [1.54, 1.807) is 11.8 Å². The molecule has 0 spiro atoms. The van der Waals surface area contributed by atoms with Gasteiger partial charge in [0.15, 0.2) is 11.6 Å². The normalized spacial score (nSPS) is 16.8. The number of benzene rings is 3. The average Bonchev–Trinajstić information content (AvgIpc) is 3.02. The molecule has 5 rings (SSSR count). The summed E-state index contributed by atoms with van der Waals surface area (Å²) in [4.78, 5) is 26.0. The molecule has 0 saturated carbocycles. The number of carbonyl (C=O) groups is 2. The molecule has 3 aromatic carbocycles. The Hall–Kier alpha value is -4.08. The molecule has 1 N–H and O–H groups in total. The van der Waals surface area contributed by atoms with Gasteiger partial charge in [0.05, 0.1) is 22.6 Å². The third-order valence-corrected chi connectivity index (χ3v) is 9.10. The van der Waals surface area contributed by atoms with Crippen LogP contribution in [0.1, 0.15) is 85.8 Å². The van der Waals surface area contributed by atoms with Crippen LogP contribution in [0.4, 0.5) is 0 Å². The topological polar surface area (TPSA) is 79.2 Å². The van der Waals surface area contributed by atoms with Crippen LogP contribution in [0, 0.1) is 11.3 Å². The molecule has 220 valence electrons. The zero-order valence-corrected chi connectivity index (χ0v) is 25.9. The molecular formula is C37H38N2O3S. The quantitative estimate of drug-likeness (QED) is 0.189. The Balaban J connectivity index is 1.28. The Kier molecular flexibility index (Phi) is 9.52. The zero-order chi connectivity index (χ0) is 30.4. The van der Waals surface area contributed by atoms with Crippen LogP contribution in [0.5, 0.6) is 5.75 Å². The zero-order valence-electron chi connectivity index (χ0n) is 25.1. The molecule has 43 heavy (non-hydrogen) atoms. The molecule has 3 aromatic rings. The Morgan fingerprint density at radius 1 is 1.00 bits per heavy atom. The summed E-state index contributed by atoms with van der Waals surface area (Å²) in [5.41, 5.74) is 6.16. The van der Waals surface area contributed by atoms with Gasteiger partial charge in [0.1, 0.15) is 12.4 Å². The van der Waals surface area contributed by atoms with Gasteiger partial charge >= 0.3 is 0 Å². The van der Waals surface area contributed by atoms with Gasteiger partial charge in [-0.15, -0.1) is 11.8 Å². The maximum atomic E-state index is 13.2. The lowest BCUT2D eigenvalue weighted by atomic mass is 9.77. The highest BCUT2D eigenvalue weighted by atomic mass is 32.2. The monoisotopic (exact) mass is 590 g/mol. The van der Waals surface area contributed by atoms with Crippen molar-refractivity contribution >= 4 is 23.3 Å². The first-order chi connectivity index (χ1) is 20.7. The van der Waals surface area contributed by atoms with Crippen LogP contribution in [-0.4, -0.2) is 17.3 Å². The number of nitrogens with zero attached hydrogens (tertiary/aromatic N) is 1. The molecule has 0 radical (unpaired) electrons. The fraction of sp³-hybridized carbons (Fsp3) is 0.324. The molecule has 1 aliphatic heterocycles. The van der Waals surface area contributed by atoms with Crippen molar-refractivity contribution in [3.8, 4) is 11.8 Å². The Morgan fingerprint density at radius 2 is 1.72 bits per heavy atom. The largest absolute Gasteiger partial charge is 0.489 e. The van der Waals surface area contributed by atoms with Crippen LogP contribution in [0.15, 0.2) is 101 Å². The van der Waals surface area contributed by atoms with E-state index < -0.39 is 5.92 Å². The minimum atomic E-state index is -0.414. The van der Waals surface area contributed by atoms with Crippen LogP contribution in [0.3, 0.4) is 0 Å². The second-order valence-electron chi connectivity index (χ2n) is 12.1. The van der Waals surface area contributed by atoms with E-state index in [4.69, 9.17) is 4.74 Å². The van der Waals surface area contributed by atoms with Crippen LogP contribution >= 0.6 is 11.8 Å². The van der Waals surface area contributed by atoms with E-state index in [9.17, 15) is 14.9 Å². The number of nitrogens with one attached hydrogen (secondary N) is 1. The van der Waals surface area contributed by atoms with Crippen molar-refractivity contribution in [3.05, 3.63) is 123 Å². The first-order valence-corrected chi connectivity index (χ1v) is 15.9. The van der Waals surface area contributed by atoms with Gasteiger partial charge in [-0.2, -0.15) is 5.26 Å². The lowest BCUT2D eigenvalue weighted by Gasteiger charge is -2.33. The summed E-state index contributed by atoms with van der Waals surface area (Å²) >= 11 is 1.56. The third-order valence-electron chi connectivity index (χ3n) is 7.99. The number of carbonyl (C=O) groups excluding carboxylic acids is 2. The average molecular weight is 591 g/mol. The van der Waals surface area contributed by atoms with Gasteiger partial charge in [0.25, 0.3) is 0 Å². The van der Waals surface area contributed by atoms with Gasteiger partial charge in [-0.05, 0) is 59.3 Å². The van der Waals surface area contributed by atoms with Gasteiger partial charge in [-0.1, -0.05) is 87.5 Å². The predicted molar refractivity (Wildman–Crippen MR) is 173 cm³/mol.